The zero-order chi connectivity index (χ0) is 20.1. The zero-order valence-electron chi connectivity index (χ0n) is 16.1. The van der Waals surface area contributed by atoms with E-state index in [1.165, 1.54) is 25.0 Å². The number of anilines is 1. The molecule has 3 aromatic rings. The highest BCUT2D eigenvalue weighted by Gasteiger charge is 2.18. The summed E-state index contributed by atoms with van der Waals surface area (Å²) in [4.78, 5) is 17.1. The highest BCUT2D eigenvalue weighted by Crippen LogP contribution is 2.30. The number of carbonyl (C=O) groups excluding carboxylic acids is 1. The summed E-state index contributed by atoms with van der Waals surface area (Å²) in [6.45, 7) is 0. The number of benzene rings is 2. The fraction of sp³-hybridized carbons (Fsp3) is 0.250. The second-order valence-corrected chi connectivity index (χ2v) is 7.32. The molecule has 148 valence electrons. The van der Waals surface area contributed by atoms with E-state index in [-0.39, 0.29) is 17.8 Å². The van der Waals surface area contributed by atoms with Gasteiger partial charge in [-0.15, -0.1) is 0 Å². The fourth-order valence-corrected chi connectivity index (χ4v) is 3.63. The van der Waals surface area contributed by atoms with Crippen LogP contribution in [0.25, 0.3) is 0 Å². The second kappa shape index (κ2) is 8.86. The maximum Gasteiger partial charge on any atom is 0.255 e. The van der Waals surface area contributed by atoms with Crippen molar-refractivity contribution < 1.29 is 13.9 Å². The van der Waals surface area contributed by atoms with E-state index in [4.69, 9.17) is 4.74 Å². The summed E-state index contributed by atoms with van der Waals surface area (Å²) in [6.07, 6.45) is 6.75. The number of amides is 1. The summed E-state index contributed by atoms with van der Waals surface area (Å²) < 4.78 is 19.5. The summed E-state index contributed by atoms with van der Waals surface area (Å²) in [5.74, 6) is 0.187. The standard InChI is InChI=1S/C24H23FN2O2/c25-19-7-5-6-17(14-19)15-20-16-18(12-13-26-20)24(28)27-22-10-3-4-11-23(22)29-21-8-1-2-9-21/h3-7,10-14,16,21H,1-2,8-9,15H2,(H,27,28). The summed E-state index contributed by atoms with van der Waals surface area (Å²) in [7, 11) is 0. The molecule has 0 atom stereocenters. The van der Waals surface area contributed by atoms with Crippen LogP contribution in [0.4, 0.5) is 10.1 Å². The molecule has 1 N–H and O–H groups in total. The molecule has 1 aliphatic carbocycles. The molecule has 1 fully saturated rings. The van der Waals surface area contributed by atoms with Crippen LogP contribution in [0.1, 0.15) is 47.3 Å². The SMILES string of the molecule is O=C(Nc1ccccc1OC1CCCC1)c1ccnc(Cc2cccc(F)c2)c1. The third kappa shape index (κ3) is 4.99. The molecule has 0 spiro atoms. The number of carbonyl (C=O) groups is 1. The maximum atomic E-state index is 13.4. The number of rotatable bonds is 6. The molecule has 5 heteroatoms. The van der Waals surface area contributed by atoms with Crippen LogP contribution in [0.2, 0.25) is 0 Å². The van der Waals surface area contributed by atoms with Crippen molar-refractivity contribution in [3.63, 3.8) is 0 Å². The van der Waals surface area contributed by atoms with E-state index >= 15 is 0 Å². The van der Waals surface area contributed by atoms with Gasteiger partial charge >= 0.3 is 0 Å². The Morgan fingerprint density at radius 3 is 2.72 bits per heavy atom. The van der Waals surface area contributed by atoms with Crippen LogP contribution in [0.5, 0.6) is 5.75 Å². The van der Waals surface area contributed by atoms with Crippen LogP contribution < -0.4 is 10.1 Å². The van der Waals surface area contributed by atoms with E-state index in [1.54, 1.807) is 24.4 Å². The Hall–Kier alpha value is -3.21. The lowest BCUT2D eigenvalue weighted by Gasteiger charge is -2.17. The molecule has 0 bridgehead atoms. The number of nitrogens with one attached hydrogen (secondary N) is 1. The van der Waals surface area contributed by atoms with Crippen LogP contribution >= 0.6 is 0 Å². The lowest BCUT2D eigenvalue weighted by molar-refractivity contribution is 0.102. The summed E-state index contributed by atoms with van der Waals surface area (Å²) in [5.41, 5.74) is 2.68. The molecular weight excluding hydrogens is 367 g/mol. The van der Waals surface area contributed by atoms with Crippen LogP contribution in [0.3, 0.4) is 0 Å². The van der Waals surface area contributed by atoms with Gasteiger partial charge in [0, 0.05) is 23.9 Å². The average Bonchev–Trinajstić information content (AvgIpc) is 3.23. The van der Waals surface area contributed by atoms with E-state index in [9.17, 15) is 9.18 Å². The minimum absolute atomic E-state index is 0.215. The van der Waals surface area contributed by atoms with Crippen molar-refractivity contribution in [2.75, 3.05) is 5.32 Å². The largest absolute Gasteiger partial charge is 0.488 e. The molecule has 1 aromatic heterocycles. The quantitative estimate of drug-likeness (QED) is 0.614. The number of hydrogen-bond donors (Lipinski definition) is 1. The van der Waals surface area contributed by atoms with E-state index in [0.717, 1.165) is 18.4 Å². The van der Waals surface area contributed by atoms with Gasteiger partial charge in [-0.3, -0.25) is 9.78 Å². The zero-order valence-corrected chi connectivity index (χ0v) is 16.1. The smallest absolute Gasteiger partial charge is 0.255 e. The predicted octanol–water partition coefficient (Wildman–Crippen LogP) is 5.39. The first-order chi connectivity index (χ1) is 14.2. The maximum absolute atomic E-state index is 13.4. The van der Waals surface area contributed by atoms with Crippen molar-refractivity contribution >= 4 is 11.6 Å². The molecule has 29 heavy (non-hydrogen) atoms. The van der Waals surface area contributed by atoms with Gasteiger partial charge in [-0.25, -0.2) is 4.39 Å². The minimum atomic E-state index is -0.282. The highest BCUT2D eigenvalue weighted by atomic mass is 19.1. The second-order valence-electron chi connectivity index (χ2n) is 7.32. The number of aromatic nitrogens is 1. The molecule has 1 aliphatic rings. The van der Waals surface area contributed by atoms with Crippen molar-refractivity contribution in [3.8, 4) is 5.75 Å². The summed E-state index contributed by atoms with van der Waals surface area (Å²) in [6, 6.07) is 17.3. The number of halogens is 1. The van der Waals surface area contributed by atoms with Crippen molar-refractivity contribution in [1.29, 1.82) is 0 Å². The van der Waals surface area contributed by atoms with E-state index < -0.39 is 0 Å². The molecule has 0 saturated heterocycles. The first-order valence-electron chi connectivity index (χ1n) is 9.94. The molecule has 0 aliphatic heterocycles. The molecule has 1 heterocycles. The third-order valence-electron chi connectivity index (χ3n) is 5.08. The van der Waals surface area contributed by atoms with Gasteiger partial charge in [-0.2, -0.15) is 0 Å². The van der Waals surface area contributed by atoms with Gasteiger partial charge in [0.25, 0.3) is 5.91 Å². The van der Waals surface area contributed by atoms with Gasteiger partial charge in [-0.1, -0.05) is 24.3 Å². The first kappa shape index (κ1) is 19.1. The van der Waals surface area contributed by atoms with Gasteiger partial charge in [-0.05, 0) is 67.6 Å². The Balaban J connectivity index is 1.48. The monoisotopic (exact) mass is 390 g/mol. The Morgan fingerprint density at radius 2 is 1.90 bits per heavy atom. The fourth-order valence-electron chi connectivity index (χ4n) is 3.63. The van der Waals surface area contributed by atoms with Crippen LogP contribution in [-0.2, 0) is 6.42 Å². The molecular formula is C24H23FN2O2. The normalized spacial score (nSPS) is 14.0. The van der Waals surface area contributed by atoms with Gasteiger partial charge in [0.1, 0.15) is 11.6 Å². The Bertz CT molecular complexity index is 999. The van der Waals surface area contributed by atoms with Crippen LogP contribution in [-0.4, -0.2) is 17.0 Å². The molecule has 1 saturated carbocycles. The van der Waals surface area contributed by atoms with Gasteiger partial charge in [0.15, 0.2) is 0 Å². The van der Waals surface area contributed by atoms with Crippen molar-refractivity contribution in [1.82, 2.24) is 4.98 Å². The van der Waals surface area contributed by atoms with Crippen LogP contribution in [0, 0.1) is 5.82 Å². The lowest BCUT2D eigenvalue weighted by Crippen LogP contribution is -2.16. The van der Waals surface area contributed by atoms with Crippen molar-refractivity contribution in [2.45, 2.75) is 38.2 Å². The number of pyridine rings is 1. The topological polar surface area (TPSA) is 51.2 Å². The molecule has 4 nitrogen and oxygen atoms in total. The highest BCUT2D eigenvalue weighted by molar-refractivity contribution is 6.05. The van der Waals surface area contributed by atoms with Gasteiger partial charge in [0.2, 0.25) is 0 Å². The Labute approximate surface area is 169 Å². The molecule has 4 rings (SSSR count). The summed E-state index contributed by atoms with van der Waals surface area (Å²) in [5, 5.41) is 2.95. The number of nitrogens with zero attached hydrogens (tertiary/aromatic N) is 1. The third-order valence-corrected chi connectivity index (χ3v) is 5.08. The molecule has 0 radical (unpaired) electrons. The lowest BCUT2D eigenvalue weighted by atomic mass is 10.1. The average molecular weight is 390 g/mol. The van der Waals surface area contributed by atoms with Crippen molar-refractivity contribution in [3.05, 3.63) is 89.5 Å². The number of ether oxygens (including phenoxy) is 1. The predicted molar refractivity (Wildman–Crippen MR) is 111 cm³/mol. The van der Waals surface area contributed by atoms with E-state index in [1.807, 2.05) is 30.3 Å². The number of hydrogen-bond acceptors (Lipinski definition) is 3. The Kier molecular flexibility index (Phi) is 5.84. The first-order valence-corrected chi connectivity index (χ1v) is 9.94. The van der Waals surface area contributed by atoms with Gasteiger partial charge < -0.3 is 10.1 Å². The summed E-state index contributed by atoms with van der Waals surface area (Å²) >= 11 is 0. The van der Waals surface area contributed by atoms with Gasteiger partial charge in [0.05, 0.1) is 11.8 Å². The van der Waals surface area contributed by atoms with Crippen LogP contribution in [0.15, 0.2) is 66.9 Å². The number of para-hydroxylation sites is 2. The molecule has 2 aromatic carbocycles. The Morgan fingerprint density at radius 1 is 1.07 bits per heavy atom. The molecule has 1 amide bonds. The van der Waals surface area contributed by atoms with E-state index in [2.05, 4.69) is 10.3 Å². The van der Waals surface area contributed by atoms with E-state index in [0.29, 0.717) is 29.1 Å². The van der Waals surface area contributed by atoms with Crippen molar-refractivity contribution in [2.24, 2.45) is 0 Å². The minimum Gasteiger partial charge on any atom is -0.488 e. The molecule has 0 unspecified atom stereocenters.